The zero-order valence-electron chi connectivity index (χ0n) is 45.6. The minimum absolute atomic E-state index is 0.00249. The molecule has 0 heterocycles. The standard InChI is InChI=1S/C58H117N2O6P/c1-6-8-10-12-14-16-18-20-22-23-24-25-26-27-28-29-30-31-32-33-34-35-36-37-38-40-42-44-46-48-50-52-58(62)59-56(55-66-67(63,64)65-54-53-60(3,4)5)57(61)51-49-47-45-43-41-39-21-19-17-15-13-11-9-7-2/h49,51,56-57,61H,6-48,50,52-55H2,1-5H3,(H-,59,62,63,64)/b51-49+/t56-,57+/m0/s1. The fourth-order valence-electron chi connectivity index (χ4n) is 9.10. The van der Waals surface area contributed by atoms with Crippen LogP contribution in [0.2, 0.25) is 0 Å². The lowest BCUT2D eigenvalue weighted by atomic mass is 10.0. The number of nitrogens with zero attached hydrogens (tertiary/aromatic N) is 1. The van der Waals surface area contributed by atoms with Crippen LogP contribution in [0.5, 0.6) is 0 Å². The van der Waals surface area contributed by atoms with Gasteiger partial charge in [-0.15, -0.1) is 0 Å². The lowest BCUT2D eigenvalue weighted by Crippen LogP contribution is -2.45. The number of aliphatic hydroxyl groups excluding tert-OH is 1. The van der Waals surface area contributed by atoms with E-state index in [1.807, 2.05) is 27.2 Å². The second-order valence-electron chi connectivity index (χ2n) is 21.7. The Morgan fingerprint density at radius 3 is 1.12 bits per heavy atom. The molecule has 0 radical (unpaired) electrons. The lowest BCUT2D eigenvalue weighted by Gasteiger charge is -2.29. The third-order valence-electron chi connectivity index (χ3n) is 13.7. The normalized spacial score (nSPS) is 14.0. The molecule has 0 aliphatic carbocycles. The number of likely N-dealkylation sites (N-methyl/N-ethyl adjacent to an activating group) is 1. The van der Waals surface area contributed by atoms with Crippen LogP contribution in [0, 0.1) is 0 Å². The van der Waals surface area contributed by atoms with E-state index in [1.54, 1.807) is 6.08 Å². The van der Waals surface area contributed by atoms with Gasteiger partial charge in [-0.05, 0) is 19.3 Å². The molecule has 0 aliphatic heterocycles. The van der Waals surface area contributed by atoms with Crippen LogP contribution in [-0.4, -0.2) is 68.5 Å². The van der Waals surface area contributed by atoms with Crippen molar-refractivity contribution in [3.05, 3.63) is 12.2 Å². The van der Waals surface area contributed by atoms with Gasteiger partial charge in [-0.25, -0.2) is 0 Å². The Morgan fingerprint density at radius 1 is 0.507 bits per heavy atom. The first-order valence-electron chi connectivity index (χ1n) is 29.6. The number of amides is 1. The van der Waals surface area contributed by atoms with Crippen molar-refractivity contribution >= 4 is 13.7 Å². The van der Waals surface area contributed by atoms with Crippen molar-refractivity contribution in [1.82, 2.24) is 5.32 Å². The van der Waals surface area contributed by atoms with Gasteiger partial charge < -0.3 is 28.8 Å². The molecule has 400 valence electrons. The monoisotopic (exact) mass is 969 g/mol. The van der Waals surface area contributed by atoms with Crippen LogP contribution >= 0.6 is 7.82 Å². The molecule has 0 bridgehead atoms. The molecular weight excluding hydrogens is 852 g/mol. The van der Waals surface area contributed by atoms with E-state index in [-0.39, 0.29) is 19.1 Å². The van der Waals surface area contributed by atoms with Gasteiger partial charge in [-0.1, -0.05) is 289 Å². The molecule has 2 N–H and O–H groups in total. The van der Waals surface area contributed by atoms with Crippen LogP contribution in [0.3, 0.4) is 0 Å². The minimum atomic E-state index is -4.59. The minimum Gasteiger partial charge on any atom is -0.756 e. The molecule has 0 spiro atoms. The molecule has 0 rings (SSSR count). The zero-order chi connectivity index (χ0) is 49.2. The summed E-state index contributed by atoms with van der Waals surface area (Å²) in [5.74, 6) is -0.191. The summed E-state index contributed by atoms with van der Waals surface area (Å²) in [7, 11) is 1.28. The second kappa shape index (κ2) is 50.2. The highest BCUT2D eigenvalue weighted by Gasteiger charge is 2.23. The fraction of sp³-hybridized carbons (Fsp3) is 0.948. The van der Waals surface area contributed by atoms with E-state index in [2.05, 4.69) is 19.2 Å². The Morgan fingerprint density at radius 2 is 0.806 bits per heavy atom. The third kappa shape index (κ3) is 52.9. The maximum absolute atomic E-state index is 12.9. The van der Waals surface area contributed by atoms with Gasteiger partial charge in [0.2, 0.25) is 5.91 Å². The van der Waals surface area contributed by atoms with Crippen LogP contribution in [-0.2, 0) is 18.4 Å². The number of phosphoric ester groups is 1. The Hall–Kier alpha value is -0.760. The van der Waals surface area contributed by atoms with Crippen molar-refractivity contribution in [3.8, 4) is 0 Å². The van der Waals surface area contributed by atoms with E-state index in [0.29, 0.717) is 17.4 Å². The van der Waals surface area contributed by atoms with Crippen LogP contribution in [0.4, 0.5) is 0 Å². The van der Waals surface area contributed by atoms with Crippen molar-refractivity contribution in [1.29, 1.82) is 0 Å². The van der Waals surface area contributed by atoms with Crippen LogP contribution in [0.1, 0.15) is 303 Å². The van der Waals surface area contributed by atoms with Crippen molar-refractivity contribution in [3.63, 3.8) is 0 Å². The zero-order valence-corrected chi connectivity index (χ0v) is 46.5. The molecule has 3 atom stereocenters. The maximum atomic E-state index is 12.9. The van der Waals surface area contributed by atoms with Gasteiger partial charge in [-0.2, -0.15) is 0 Å². The van der Waals surface area contributed by atoms with Crippen molar-refractivity contribution in [2.45, 2.75) is 315 Å². The van der Waals surface area contributed by atoms with Crippen LogP contribution in [0.15, 0.2) is 12.2 Å². The quantitative estimate of drug-likeness (QED) is 0.0272. The number of unbranched alkanes of at least 4 members (excludes halogenated alkanes) is 42. The summed E-state index contributed by atoms with van der Waals surface area (Å²) in [6.45, 7) is 4.69. The summed E-state index contributed by atoms with van der Waals surface area (Å²) in [6.07, 6.45) is 61.6. The molecule has 8 nitrogen and oxygen atoms in total. The van der Waals surface area contributed by atoms with E-state index in [1.165, 1.54) is 244 Å². The van der Waals surface area contributed by atoms with E-state index >= 15 is 0 Å². The first-order valence-corrected chi connectivity index (χ1v) is 31.0. The number of allylic oxidation sites excluding steroid dienone is 1. The number of aliphatic hydroxyl groups is 1. The molecule has 67 heavy (non-hydrogen) atoms. The smallest absolute Gasteiger partial charge is 0.268 e. The molecule has 1 unspecified atom stereocenters. The van der Waals surface area contributed by atoms with Gasteiger partial charge in [0, 0.05) is 6.42 Å². The SMILES string of the molecule is CCCCCCCCCCCCCC/C=C/[C@@H](O)[C@H](COP(=O)([O-])OCC[N+](C)(C)C)NC(=O)CCCCCCCCCCCCCCCCCCCCCCCCCCCCCCCCC. The first kappa shape index (κ1) is 66.2. The van der Waals surface area contributed by atoms with Gasteiger partial charge in [0.25, 0.3) is 7.82 Å². The van der Waals surface area contributed by atoms with Crippen LogP contribution < -0.4 is 10.2 Å². The molecule has 1 amide bonds. The van der Waals surface area contributed by atoms with Gasteiger partial charge in [0.15, 0.2) is 0 Å². The summed E-state index contributed by atoms with van der Waals surface area (Å²) in [5, 5.41) is 13.9. The van der Waals surface area contributed by atoms with E-state index in [0.717, 1.165) is 38.5 Å². The number of rotatable bonds is 55. The first-order chi connectivity index (χ1) is 32.5. The van der Waals surface area contributed by atoms with Gasteiger partial charge in [0.1, 0.15) is 13.2 Å². The Bertz CT molecular complexity index is 1100. The predicted octanol–water partition coefficient (Wildman–Crippen LogP) is 17.2. The van der Waals surface area contributed by atoms with Gasteiger partial charge in [-0.3, -0.25) is 9.36 Å². The molecule has 0 aromatic carbocycles. The molecule has 0 aromatic heterocycles. The predicted molar refractivity (Wildman–Crippen MR) is 289 cm³/mol. The summed E-state index contributed by atoms with van der Waals surface area (Å²) in [6, 6.07) is -0.881. The van der Waals surface area contributed by atoms with Crippen molar-refractivity contribution in [2.24, 2.45) is 0 Å². The average Bonchev–Trinajstić information content (AvgIpc) is 3.29. The summed E-state index contributed by atoms with van der Waals surface area (Å²) in [5.41, 5.74) is 0. The third-order valence-corrected chi connectivity index (χ3v) is 14.7. The number of hydrogen-bond acceptors (Lipinski definition) is 6. The Balaban J connectivity index is 4.00. The van der Waals surface area contributed by atoms with Gasteiger partial charge in [0.05, 0.1) is 39.9 Å². The van der Waals surface area contributed by atoms with E-state index in [9.17, 15) is 19.4 Å². The summed E-state index contributed by atoms with van der Waals surface area (Å²) >= 11 is 0. The highest BCUT2D eigenvalue weighted by Crippen LogP contribution is 2.38. The largest absolute Gasteiger partial charge is 0.756 e. The second-order valence-corrected chi connectivity index (χ2v) is 23.1. The van der Waals surface area contributed by atoms with E-state index < -0.39 is 20.0 Å². The number of carbonyl (C=O) groups is 1. The molecule has 0 saturated heterocycles. The maximum Gasteiger partial charge on any atom is 0.268 e. The Labute approximate surface area is 418 Å². The number of nitrogens with one attached hydrogen (secondary N) is 1. The fourth-order valence-corrected chi connectivity index (χ4v) is 9.82. The molecular formula is C58H117N2O6P. The van der Waals surface area contributed by atoms with E-state index in [4.69, 9.17) is 9.05 Å². The molecule has 0 aliphatic rings. The number of quaternary nitrogens is 1. The summed E-state index contributed by atoms with van der Waals surface area (Å²) in [4.78, 5) is 25.5. The highest BCUT2D eigenvalue weighted by atomic mass is 31.2. The summed E-state index contributed by atoms with van der Waals surface area (Å²) < 4.78 is 23.3. The average molecular weight is 970 g/mol. The Kier molecular flexibility index (Phi) is 49.6. The molecule has 0 fully saturated rings. The molecule has 0 aromatic rings. The van der Waals surface area contributed by atoms with Crippen molar-refractivity contribution in [2.75, 3.05) is 40.9 Å². The highest BCUT2D eigenvalue weighted by molar-refractivity contribution is 7.45. The lowest BCUT2D eigenvalue weighted by molar-refractivity contribution is -0.870. The number of phosphoric acid groups is 1. The number of hydrogen-bond donors (Lipinski definition) is 2. The number of carbonyl (C=O) groups excluding carboxylic acids is 1. The topological polar surface area (TPSA) is 108 Å². The van der Waals surface area contributed by atoms with Crippen LogP contribution in [0.25, 0.3) is 0 Å². The van der Waals surface area contributed by atoms with Crippen molar-refractivity contribution < 1.29 is 32.9 Å². The van der Waals surface area contributed by atoms with Gasteiger partial charge >= 0.3 is 0 Å². The molecule has 9 heteroatoms. The molecule has 0 saturated carbocycles.